The van der Waals surface area contributed by atoms with E-state index in [4.69, 9.17) is 5.73 Å². The van der Waals surface area contributed by atoms with Crippen molar-refractivity contribution in [2.24, 2.45) is 0 Å². The van der Waals surface area contributed by atoms with Crippen molar-refractivity contribution in [3.63, 3.8) is 0 Å². The molecule has 1 aliphatic rings. The fourth-order valence-corrected chi connectivity index (χ4v) is 2.18. The van der Waals surface area contributed by atoms with Crippen LogP contribution in [0.4, 0.5) is 11.6 Å². The predicted octanol–water partition coefficient (Wildman–Crippen LogP) is 0.111. The number of hydrogen-bond acceptors (Lipinski definition) is 5. The summed E-state index contributed by atoms with van der Waals surface area (Å²) in [6.45, 7) is 4.21. The van der Waals surface area contributed by atoms with Crippen molar-refractivity contribution >= 4 is 17.3 Å². The standard InChI is InChI=1S/C11H16N6/c12-11-14-10-3-2-9(8-17(10)15-11)16-6-1-4-13-5-7-16/h2-3,8,13H,1,4-7H2,(H2,12,15). The summed E-state index contributed by atoms with van der Waals surface area (Å²) in [6.07, 6.45) is 3.15. The van der Waals surface area contributed by atoms with Crippen LogP contribution in [0.3, 0.4) is 0 Å². The highest BCUT2D eigenvalue weighted by Gasteiger charge is 2.10. The molecule has 3 rings (SSSR count). The maximum atomic E-state index is 5.58. The van der Waals surface area contributed by atoms with Crippen LogP contribution in [0.2, 0.25) is 0 Å². The molecule has 6 heteroatoms. The fraction of sp³-hybridized carbons (Fsp3) is 0.455. The number of rotatable bonds is 1. The minimum absolute atomic E-state index is 0.319. The van der Waals surface area contributed by atoms with Gasteiger partial charge in [0.15, 0.2) is 5.65 Å². The van der Waals surface area contributed by atoms with Crippen LogP contribution in [-0.4, -0.2) is 40.8 Å². The summed E-state index contributed by atoms with van der Waals surface area (Å²) in [5, 5.41) is 7.52. The summed E-state index contributed by atoms with van der Waals surface area (Å²) in [4.78, 5) is 6.48. The SMILES string of the molecule is Nc1nc2ccc(N3CCCNCC3)cn2n1. The Kier molecular flexibility index (Phi) is 2.56. The Morgan fingerprint density at radius 2 is 2.18 bits per heavy atom. The van der Waals surface area contributed by atoms with E-state index < -0.39 is 0 Å². The molecule has 17 heavy (non-hydrogen) atoms. The highest BCUT2D eigenvalue weighted by molar-refractivity contribution is 5.52. The third-order valence-electron chi connectivity index (χ3n) is 3.04. The van der Waals surface area contributed by atoms with Crippen molar-refractivity contribution in [2.45, 2.75) is 6.42 Å². The van der Waals surface area contributed by atoms with Gasteiger partial charge in [0, 0.05) is 19.6 Å². The van der Waals surface area contributed by atoms with Crippen molar-refractivity contribution in [3.05, 3.63) is 18.3 Å². The van der Waals surface area contributed by atoms with E-state index in [-0.39, 0.29) is 0 Å². The van der Waals surface area contributed by atoms with E-state index in [0.717, 1.165) is 38.2 Å². The number of aromatic nitrogens is 3. The van der Waals surface area contributed by atoms with Crippen molar-refractivity contribution < 1.29 is 0 Å². The molecule has 0 aliphatic carbocycles. The average Bonchev–Trinajstić information content (AvgIpc) is 2.53. The Labute approximate surface area is 99.4 Å². The summed E-state index contributed by atoms with van der Waals surface area (Å²) in [6, 6.07) is 4.03. The number of nitrogens with zero attached hydrogens (tertiary/aromatic N) is 4. The zero-order chi connectivity index (χ0) is 11.7. The van der Waals surface area contributed by atoms with Crippen LogP contribution < -0.4 is 16.0 Å². The Morgan fingerprint density at radius 1 is 1.24 bits per heavy atom. The van der Waals surface area contributed by atoms with Gasteiger partial charge in [0.2, 0.25) is 5.95 Å². The monoisotopic (exact) mass is 232 g/mol. The Morgan fingerprint density at radius 3 is 3.12 bits per heavy atom. The van der Waals surface area contributed by atoms with Crippen LogP contribution in [0.15, 0.2) is 18.3 Å². The zero-order valence-corrected chi connectivity index (χ0v) is 9.63. The van der Waals surface area contributed by atoms with Gasteiger partial charge in [-0.05, 0) is 25.1 Å². The third kappa shape index (κ3) is 2.03. The first-order valence-electron chi connectivity index (χ1n) is 5.90. The smallest absolute Gasteiger partial charge is 0.240 e. The molecule has 90 valence electrons. The van der Waals surface area contributed by atoms with E-state index in [1.165, 1.54) is 5.69 Å². The van der Waals surface area contributed by atoms with Gasteiger partial charge in [-0.1, -0.05) is 0 Å². The highest BCUT2D eigenvalue weighted by atomic mass is 15.3. The summed E-state index contributed by atoms with van der Waals surface area (Å²) in [7, 11) is 0. The van der Waals surface area contributed by atoms with E-state index in [0.29, 0.717) is 5.95 Å². The topological polar surface area (TPSA) is 71.5 Å². The number of pyridine rings is 1. The largest absolute Gasteiger partial charge is 0.369 e. The number of nitrogens with two attached hydrogens (primary N) is 1. The van der Waals surface area contributed by atoms with E-state index >= 15 is 0 Å². The van der Waals surface area contributed by atoms with Gasteiger partial charge in [0.1, 0.15) is 0 Å². The van der Waals surface area contributed by atoms with E-state index in [2.05, 4.69) is 26.4 Å². The van der Waals surface area contributed by atoms with Crippen molar-refractivity contribution in [2.75, 3.05) is 36.8 Å². The molecule has 6 nitrogen and oxygen atoms in total. The lowest BCUT2D eigenvalue weighted by Gasteiger charge is -2.21. The van der Waals surface area contributed by atoms with Gasteiger partial charge in [0.25, 0.3) is 0 Å². The van der Waals surface area contributed by atoms with Crippen molar-refractivity contribution in [1.29, 1.82) is 0 Å². The molecular weight excluding hydrogens is 216 g/mol. The number of fused-ring (bicyclic) bond motifs is 1. The van der Waals surface area contributed by atoms with E-state index in [1.807, 2.05) is 12.3 Å². The molecule has 0 radical (unpaired) electrons. The second-order valence-electron chi connectivity index (χ2n) is 4.25. The molecule has 2 aromatic heterocycles. The van der Waals surface area contributed by atoms with Crippen LogP contribution >= 0.6 is 0 Å². The quantitative estimate of drug-likeness (QED) is 0.730. The molecule has 0 unspecified atom stereocenters. The lowest BCUT2D eigenvalue weighted by atomic mass is 10.3. The maximum Gasteiger partial charge on any atom is 0.240 e. The number of hydrogen-bond donors (Lipinski definition) is 2. The molecule has 0 aromatic carbocycles. The van der Waals surface area contributed by atoms with Crippen LogP contribution in [0.1, 0.15) is 6.42 Å². The molecule has 0 bridgehead atoms. The molecule has 0 saturated carbocycles. The highest BCUT2D eigenvalue weighted by Crippen LogP contribution is 2.16. The van der Waals surface area contributed by atoms with Gasteiger partial charge in [-0.25, -0.2) is 4.52 Å². The first-order chi connectivity index (χ1) is 8.33. The summed E-state index contributed by atoms with van der Waals surface area (Å²) in [5.74, 6) is 0.319. The van der Waals surface area contributed by atoms with E-state index in [9.17, 15) is 0 Å². The molecule has 0 spiro atoms. The summed E-state index contributed by atoms with van der Waals surface area (Å²) >= 11 is 0. The fourth-order valence-electron chi connectivity index (χ4n) is 2.18. The van der Waals surface area contributed by atoms with Crippen LogP contribution in [0.5, 0.6) is 0 Å². The molecule has 1 aliphatic heterocycles. The first-order valence-corrected chi connectivity index (χ1v) is 5.90. The predicted molar refractivity (Wildman–Crippen MR) is 67.1 cm³/mol. The second-order valence-corrected chi connectivity index (χ2v) is 4.25. The average molecular weight is 232 g/mol. The Bertz CT molecular complexity index is 512. The molecular formula is C11H16N6. The van der Waals surface area contributed by atoms with Gasteiger partial charge in [-0.3, -0.25) is 0 Å². The van der Waals surface area contributed by atoms with Gasteiger partial charge in [-0.2, -0.15) is 4.98 Å². The molecule has 3 heterocycles. The molecule has 1 fully saturated rings. The van der Waals surface area contributed by atoms with E-state index in [1.54, 1.807) is 4.52 Å². The van der Waals surface area contributed by atoms with Crippen molar-refractivity contribution in [3.8, 4) is 0 Å². The zero-order valence-electron chi connectivity index (χ0n) is 9.63. The Hall–Kier alpha value is -1.82. The van der Waals surface area contributed by atoms with Gasteiger partial charge >= 0.3 is 0 Å². The molecule has 1 saturated heterocycles. The minimum atomic E-state index is 0.319. The van der Waals surface area contributed by atoms with Crippen LogP contribution in [0, 0.1) is 0 Å². The maximum absolute atomic E-state index is 5.58. The van der Waals surface area contributed by atoms with Crippen molar-refractivity contribution in [1.82, 2.24) is 19.9 Å². The second kappa shape index (κ2) is 4.21. The molecule has 0 amide bonds. The third-order valence-corrected chi connectivity index (χ3v) is 3.04. The molecule has 3 N–H and O–H groups in total. The van der Waals surface area contributed by atoms with Gasteiger partial charge < -0.3 is 16.0 Å². The Balaban J connectivity index is 1.93. The molecule has 0 atom stereocenters. The lowest BCUT2D eigenvalue weighted by molar-refractivity contribution is 0.724. The molecule has 2 aromatic rings. The number of nitrogens with one attached hydrogen (secondary N) is 1. The summed E-state index contributed by atoms with van der Waals surface area (Å²) < 4.78 is 1.74. The van der Waals surface area contributed by atoms with Crippen LogP contribution in [0.25, 0.3) is 5.65 Å². The normalized spacial score (nSPS) is 17.3. The number of anilines is 2. The number of nitrogen functional groups attached to an aromatic ring is 1. The summed E-state index contributed by atoms with van der Waals surface area (Å²) in [5.41, 5.74) is 7.54. The van der Waals surface area contributed by atoms with Crippen LogP contribution in [-0.2, 0) is 0 Å². The minimum Gasteiger partial charge on any atom is -0.369 e. The van der Waals surface area contributed by atoms with Gasteiger partial charge in [-0.15, -0.1) is 5.10 Å². The lowest BCUT2D eigenvalue weighted by Crippen LogP contribution is -2.27. The van der Waals surface area contributed by atoms with Gasteiger partial charge in [0.05, 0.1) is 11.9 Å². The first kappa shape index (κ1) is 10.3.